The van der Waals surface area contributed by atoms with Gasteiger partial charge in [0.2, 0.25) is 4.96 Å². The van der Waals surface area contributed by atoms with Crippen molar-refractivity contribution < 1.29 is 0 Å². The maximum atomic E-state index is 5.96. The van der Waals surface area contributed by atoms with Crippen LogP contribution in [0.3, 0.4) is 0 Å². The Kier molecular flexibility index (Phi) is 3.62. The van der Waals surface area contributed by atoms with Crippen molar-refractivity contribution in [1.82, 2.24) is 29.6 Å². The zero-order chi connectivity index (χ0) is 16.8. The zero-order valence-electron chi connectivity index (χ0n) is 13.5. The Labute approximate surface area is 147 Å². The molecule has 0 amide bonds. The summed E-state index contributed by atoms with van der Waals surface area (Å²) in [5, 5.41) is 19.4. The Morgan fingerprint density at radius 2 is 1.83 bits per heavy atom. The van der Waals surface area contributed by atoms with E-state index in [0.29, 0.717) is 10.8 Å². The fraction of sp³-hybridized carbons (Fsp3) is 0.250. The largest absolute Gasteiger partial charge is 0.269 e. The Balaban J connectivity index is 1.86. The Hall–Kier alpha value is -2.25. The van der Waals surface area contributed by atoms with Crippen molar-refractivity contribution in [2.24, 2.45) is 0 Å². The topological polar surface area (TPSA) is 60.9 Å². The lowest BCUT2D eigenvalue weighted by Crippen LogP contribution is -1.98. The summed E-state index contributed by atoms with van der Waals surface area (Å²) < 4.78 is 3.78. The molecular weight excluding hydrogens is 344 g/mol. The van der Waals surface area contributed by atoms with E-state index in [1.54, 1.807) is 4.52 Å². The first-order valence-corrected chi connectivity index (χ1v) is 8.80. The zero-order valence-corrected chi connectivity index (χ0v) is 15.1. The van der Waals surface area contributed by atoms with Crippen molar-refractivity contribution in [3.63, 3.8) is 0 Å². The Morgan fingerprint density at radius 3 is 2.50 bits per heavy atom. The van der Waals surface area contributed by atoms with Gasteiger partial charge in [0.15, 0.2) is 10.8 Å². The van der Waals surface area contributed by atoms with Crippen LogP contribution in [-0.2, 0) is 6.54 Å². The van der Waals surface area contributed by atoms with Gasteiger partial charge in [-0.25, -0.2) is 0 Å². The third-order valence-electron chi connectivity index (χ3n) is 3.99. The van der Waals surface area contributed by atoms with Crippen LogP contribution in [0.2, 0.25) is 5.02 Å². The monoisotopic (exact) mass is 358 g/mol. The molecule has 1 aromatic carbocycles. The van der Waals surface area contributed by atoms with Crippen LogP contribution in [-0.4, -0.2) is 29.6 Å². The number of rotatable bonds is 3. The molecular formula is C16H15ClN6S. The van der Waals surface area contributed by atoms with Crippen molar-refractivity contribution in [2.45, 2.75) is 27.3 Å². The quantitative estimate of drug-likeness (QED) is 0.555. The van der Waals surface area contributed by atoms with E-state index in [1.165, 1.54) is 11.3 Å². The second-order valence-corrected chi connectivity index (χ2v) is 6.89. The molecule has 0 saturated heterocycles. The smallest absolute Gasteiger partial charge is 0.235 e. The van der Waals surface area contributed by atoms with Crippen molar-refractivity contribution in [3.05, 3.63) is 40.7 Å². The van der Waals surface area contributed by atoms with Gasteiger partial charge in [0.1, 0.15) is 0 Å². The highest BCUT2D eigenvalue weighted by Crippen LogP contribution is 2.32. The first-order chi connectivity index (χ1) is 11.6. The van der Waals surface area contributed by atoms with Crippen molar-refractivity contribution in [2.75, 3.05) is 0 Å². The molecule has 6 nitrogen and oxygen atoms in total. The molecule has 0 N–H and O–H groups in total. The molecule has 4 aromatic rings. The number of hydrogen-bond acceptors (Lipinski definition) is 5. The summed E-state index contributed by atoms with van der Waals surface area (Å²) in [6.07, 6.45) is 0. The lowest BCUT2D eigenvalue weighted by Gasteiger charge is -1.99. The Morgan fingerprint density at radius 1 is 1.08 bits per heavy atom. The molecule has 0 aliphatic heterocycles. The highest BCUT2D eigenvalue weighted by atomic mass is 35.5. The van der Waals surface area contributed by atoms with E-state index in [0.717, 1.165) is 39.0 Å². The molecule has 0 unspecified atom stereocenters. The van der Waals surface area contributed by atoms with Crippen LogP contribution in [0.4, 0.5) is 0 Å². The molecule has 122 valence electrons. The third kappa shape index (κ3) is 2.32. The van der Waals surface area contributed by atoms with E-state index in [4.69, 9.17) is 16.7 Å². The van der Waals surface area contributed by atoms with Gasteiger partial charge >= 0.3 is 0 Å². The number of nitrogens with zero attached hydrogens (tertiary/aromatic N) is 6. The van der Waals surface area contributed by atoms with Gasteiger partial charge < -0.3 is 0 Å². The molecule has 8 heteroatoms. The van der Waals surface area contributed by atoms with Crippen molar-refractivity contribution >= 4 is 27.9 Å². The summed E-state index contributed by atoms with van der Waals surface area (Å²) >= 11 is 7.48. The van der Waals surface area contributed by atoms with Gasteiger partial charge in [0.25, 0.3) is 0 Å². The molecule has 3 heterocycles. The molecule has 0 atom stereocenters. The first kappa shape index (κ1) is 15.3. The maximum Gasteiger partial charge on any atom is 0.235 e. The van der Waals surface area contributed by atoms with E-state index < -0.39 is 0 Å². The van der Waals surface area contributed by atoms with Gasteiger partial charge in [-0.1, -0.05) is 22.9 Å². The SMILES string of the molecule is CCn1nc(C)c(-c2nn3c(-c4ccc(Cl)cc4)nnc3s2)c1C. The lowest BCUT2D eigenvalue weighted by molar-refractivity contribution is 0.634. The van der Waals surface area contributed by atoms with Crippen LogP contribution in [0.15, 0.2) is 24.3 Å². The standard InChI is InChI=1S/C16H15ClN6S/c1-4-22-10(3)13(9(2)20-22)15-21-23-14(18-19-16(23)24-15)11-5-7-12(17)8-6-11/h5-8H,4H2,1-3H3. The first-order valence-electron chi connectivity index (χ1n) is 7.61. The van der Waals surface area contributed by atoms with Gasteiger partial charge in [-0.05, 0) is 45.0 Å². The van der Waals surface area contributed by atoms with E-state index in [1.807, 2.05) is 35.9 Å². The molecule has 0 aliphatic carbocycles. The molecule has 0 radical (unpaired) electrons. The summed E-state index contributed by atoms with van der Waals surface area (Å²) in [6.45, 7) is 7.01. The minimum atomic E-state index is 0.691. The van der Waals surface area contributed by atoms with E-state index >= 15 is 0 Å². The van der Waals surface area contributed by atoms with Gasteiger partial charge in [-0.15, -0.1) is 10.2 Å². The molecule has 0 aliphatic rings. The second kappa shape index (κ2) is 5.68. The van der Waals surface area contributed by atoms with E-state index in [2.05, 4.69) is 29.1 Å². The van der Waals surface area contributed by atoms with Gasteiger partial charge in [0, 0.05) is 22.8 Å². The van der Waals surface area contributed by atoms with Crippen LogP contribution in [0.25, 0.3) is 26.9 Å². The second-order valence-electron chi connectivity index (χ2n) is 5.49. The molecule has 0 fully saturated rings. The highest BCUT2D eigenvalue weighted by molar-refractivity contribution is 7.19. The fourth-order valence-corrected chi connectivity index (χ4v) is 3.93. The lowest BCUT2D eigenvalue weighted by atomic mass is 10.2. The highest BCUT2D eigenvalue weighted by Gasteiger charge is 2.19. The third-order valence-corrected chi connectivity index (χ3v) is 5.16. The minimum Gasteiger partial charge on any atom is -0.269 e. The maximum absolute atomic E-state index is 5.96. The number of aryl methyl sites for hydroxylation is 2. The summed E-state index contributed by atoms with van der Waals surface area (Å²) in [4.78, 5) is 0.762. The molecule has 0 spiro atoms. The van der Waals surface area contributed by atoms with Crippen LogP contribution >= 0.6 is 22.9 Å². The predicted molar refractivity (Wildman–Crippen MR) is 95.5 cm³/mol. The van der Waals surface area contributed by atoms with Crippen LogP contribution in [0.1, 0.15) is 18.3 Å². The van der Waals surface area contributed by atoms with Crippen LogP contribution in [0.5, 0.6) is 0 Å². The number of benzene rings is 1. The number of fused-ring (bicyclic) bond motifs is 1. The number of hydrogen-bond donors (Lipinski definition) is 0. The molecule has 24 heavy (non-hydrogen) atoms. The normalized spacial score (nSPS) is 11.5. The molecule has 0 saturated carbocycles. The van der Waals surface area contributed by atoms with Crippen molar-refractivity contribution in [1.29, 1.82) is 0 Å². The average Bonchev–Trinajstić information content (AvgIpc) is 3.21. The fourth-order valence-electron chi connectivity index (χ4n) is 2.81. The Bertz CT molecular complexity index is 1030. The van der Waals surface area contributed by atoms with E-state index in [-0.39, 0.29) is 0 Å². The summed E-state index contributed by atoms with van der Waals surface area (Å²) in [5.74, 6) is 0.711. The summed E-state index contributed by atoms with van der Waals surface area (Å²) in [7, 11) is 0. The molecule has 3 aromatic heterocycles. The van der Waals surface area contributed by atoms with E-state index in [9.17, 15) is 0 Å². The number of aromatic nitrogens is 6. The number of halogens is 1. The van der Waals surface area contributed by atoms with Crippen molar-refractivity contribution in [3.8, 4) is 22.0 Å². The molecule has 0 bridgehead atoms. The molecule has 4 rings (SSSR count). The van der Waals surface area contributed by atoms with Crippen LogP contribution < -0.4 is 0 Å². The summed E-state index contributed by atoms with van der Waals surface area (Å²) in [5.41, 5.74) is 4.11. The minimum absolute atomic E-state index is 0.691. The van der Waals surface area contributed by atoms with Gasteiger partial charge in [-0.3, -0.25) is 4.68 Å². The van der Waals surface area contributed by atoms with Gasteiger partial charge in [0.05, 0.1) is 11.3 Å². The average molecular weight is 359 g/mol. The summed E-state index contributed by atoms with van der Waals surface area (Å²) in [6, 6.07) is 7.52. The predicted octanol–water partition coefficient (Wildman–Crippen LogP) is 4.01. The van der Waals surface area contributed by atoms with Crippen LogP contribution in [0, 0.1) is 13.8 Å². The van der Waals surface area contributed by atoms with Gasteiger partial charge in [-0.2, -0.15) is 14.7 Å².